The monoisotopic (exact) mass is 405 g/mol. The third-order valence-corrected chi connectivity index (χ3v) is 4.43. The van der Waals surface area contributed by atoms with Gasteiger partial charge in [-0.2, -0.15) is 5.10 Å². The molecule has 0 spiro atoms. The summed E-state index contributed by atoms with van der Waals surface area (Å²) in [6, 6.07) is 6.87. The molecule has 0 fully saturated rings. The van der Waals surface area contributed by atoms with E-state index in [4.69, 9.17) is 17.0 Å². The molecule has 0 saturated carbocycles. The van der Waals surface area contributed by atoms with E-state index in [1.807, 2.05) is 11.5 Å². The van der Waals surface area contributed by atoms with Gasteiger partial charge in [0.05, 0.1) is 13.2 Å². The van der Waals surface area contributed by atoms with Gasteiger partial charge in [-0.1, -0.05) is 13.3 Å². The van der Waals surface area contributed by atoms with Crippen LogP contribution in [0.4, 0.5) is 0 Å². The molecule has 0 aliphatic rings. The van der Waals surface area contributed by atoms with Crippen molar-refractivity contribution in [3.63, 3.8) is 0 Å². The third-order valence-electron chi connectivity index (χ3n) is 4.12. The molecule has 9 heteroatoms. The molecule has 1 aromatic heterocycles. The minimum absolute atomic E-state index is 0.0891. The normalized spacial score (nSPS) is 10.5. The smallest absolute Gasteiger partial charge is 0.251 e. The number of hydrogen-bond donors (Lipinski definition) is 3. The number of ether oxygens (including phenoxy) is 1. The van der Waals surface area contributed by atoms with Gasteiger partial charge in [0, 0.05) is 25.1 Å². The van der Waals surface area contributed by atoms with Crippen molar-refractivity contribution in [3.8, 4) is 5.75 Å². The minimum Gasteiger partial charge on any atom is -0.494 e. The van der Waals surface area contributed by atoms with Gasteiger partial charge in [0.1, 0.15) is 11.6 Å². The molecule has 1 aromatic carbocycles. The van der Waals surface area contributed by atoms with Crippen LogP contribution in [0.25, 0.3) is 0 Å². The van der Waals surface area contributed by atoms with Gasteiger partial charge in [-0.05, 0) is 49.8 Å². The quantitative estimate of drug-likeness (QED) is 0.393. The maximum absolute atomic E-state index is 12.1. The number of rotatable bonds is 11. The molecule has 28 heavy (non-hydrogen) atoms. The zero-order valence-corrected chi connectivity index (χ0v) is 17.1. The molecule has 3 N–H and O–H groups in total. The third kappa shape index (κ3) is 6.49. The van der Waals surface area contributed by atoms with Crippen molar-refractivity contribution in [2.75, 3.05) is 19.7 Å². The van der Waals surface area contributed by atoms with Crippen molar-refractivity contribution in [2.45, 2.75) is 39.7 Å². The molecule has 0 atom stereocenters. The first-order valence-electron chi connectivity index (χ1n) is 9.47. The fourth-order valence-electron chi connectivity index (χ4n) is 2.54. The Morgan fingerprint density at radius 1 is 1.21 bits per heavy atom. The molecule has 0 unspecified atom stereocenters. The van der Waals surface area contributed by atoms with Gasteiger partial charge in [-0.25, -0.2) is 0 Å². The standard InChI is InChI=1S/C19H27N5O3S/c1-3-5-12-27-15-8-6-14(7-9-15)18(26)21-13-17(25)20-11-10-16-22-23-19(28)24(16)4-2/h6-9H,3-5,10-13H2,1-2H3,(H,20,25)(H,21,26)(H,23,28). The van der Waals surface area contributed by atoms with Crippen LogP contribution in [0.3, 0.4) is 0 Å². The van der Waals surface area contributed by atoms with Crippen LogP contribution in [-0.4, -0.2) is 46.3 Å². The van der Waals surface area contributed by atoms with E-state index in [0.717, 1.165) is 31.0 Å². The van der Waals surface area contributed by atoms with Crippen molar-refractivity contribution >= 4 is 24.0 Å². The van der Waals surface area contributed by atoms with Crippen LogP contribution in [0.2, 0.25) is 0 Å². The Morgan fingerprint density at radius 2 is 1.96 bits per heavy atom. The van der Waals surface area contributed by atoms with Gasteiger partial charge < -0.3 is 19.9 Å². The highest BCUT2D eigenvalue weighted by molar-refractivity contribution is 7.71. The summed E-state index contributed by atoms with van der Waals surface area (Å²) in [7, 11) is 0. The van der Waals surface area contributed by atoms with Crippen molar-refractivity contribution in [3.05, 3.63) is 40.4 Å². The predicted octanol–water partition coefficient (Wildman–Crippen LogP) is 2.23. The average molecular weight is 406 g/mol. The second-order valence-electron chi connectivity index (χ2n) is 6.20. The van der Waals surface area contributed by atoms with Crippen LogP contribution in [0.5, 0.6) is 5.75 Å². The van der Waals surface area contributed by atoms with Gasteiger partial charge in [0.2, 0.25) is 5.91 Å². The lowest BCUT2D eigenvalue weighted by molar-refractivity contribution is -0.120. The maximum atomic E-state index is 12.1. The van der Waals surface area contributed by atoms with Gasteiger partial charge >= 0.3 is 0 Å². The number of H-pyrrole nitrogens is 1. The summed E-state index contributed by atoms with van der Waals surface area (Å²) in [5, 5.41) is 12.3. The Kier molecular flexibility index (Phi) is 8.67. The van der Waals surface area contributed by atoms with Crippen molar-refractivity contribution < 1.29 is 14.3 Å². The van der Waals surface area contributed by atoms with Crippen molar-refractivity contribution in [2.24, 2.45) is 0 Å². The van der Waals surface area contributed by atoms with Gasteiger partial charge in [-0.15, -0.1) is 0 Å². The van der Waals surface area contributed by atoms with E-state index >= 15 is 0 Å². The summed E-state index contributed by atoms with van der Waals surface area (Å²) >= 11 is 5.13. The summed E-state index contributed by atoms with van der Waals surface area (Å²) in [5.41, 5.74) is 0.481. The summed E-state index contributed by atoms with van der Waals surface area (Å²) in [6.07, 6.45) is 2.61. The lowest BCUT2D eigenvalue weighted by atomic mass is 10.2. The Hall–Kier alpha value is -2.68. The Bertz CT molecular complexity index is 829. The van der Waals surface area contributed by atoms with E-state index in [0.29, 0.717) is 29.9 Å². The van der Waals surface area contributed by atoms with E-state index < -0.39 is 0 Å². The maximum Gasteiger partial charge on any atom is 0.251 e. The lowest BCUT2D eigenvalue weighted by Crippen LogP contribution is -2.37. The first-order valence-corrected chi connectivity index (χ1v) is 9.87. The fourth-order valence-corrected chi connectivity index (χ4v) is 2.82. The number of amides is 2. The largest absolute Gasteiger partial charge is 0.494 e. The lowest BCUT2D eigenvalue weighted by Gasteiger charge is -2.08. The Labute approximate surface area is 169 Å². The van der Waals surface area contributed by atoms with Crippen LogP contribution in [-0.2, 0) is 17.8 Å². The molecule has 0 saturated heterocycles. The summed E-state index contributed by atoms with van der Waals surface area (Å²) in [6.45, 7) is 5.78. The molecule has 8 nitrogen and oxygen atoms in total. The van der Waals surface area contributed by atoms with Crippen LogP contribution in [0.1, 0.15) is 42.9 Å². The zero-order chi connectivity index (χ0) is 20.4. The van der Waals surface area contributed by atoms with Crippen LogP contribution >= 0.6 is 12.2 Å². The molecular weight excluding hydrogens is 378 g/mol. The SMILES string of the molecule is CCCCOc1ccc(C(=O)NCC(=O)NCCc2n[nH]c(=S)n2CC)cc1. The van der Waals surface area contributed by atoms with Crippen LogP contribution in [0, 0.1) is 4.77 Å². The molecule has 0 aliphatic heterocycles. The second kappa shape index (κ2) is 11.2. The van der Waals surface area contributed by atoms with E-state index in [1.54, 1.807) is 24.3 Å². The average Bonchev–Trinajstić information content (AvgIpc) is 3.06. The number of nitrogens with one attached hydrogen (secondary N) is 3. The highest BCUT2D eigenvalue weighted by atomic mass is 32.1. The fraction of sp³-hybridized carbons (Fsp3) is 0.474. The number of aromatic amines is 1. The van der Waals surface area contributed by atoms with Crippen LogP contribution < -0.4 is 15.4 Å². The van der Waals surface area contributed by atoms with E-state index in [2.05, 4.69) is 27.8 Å². The Morgan fingerprint density at radius 3 is 2.64 bits per heavy atom. The first-order chi connectivity index (χ1) is 13.5. The zero-order valence-electron chi connectivity index (χ0n) is 16.3. The van der Waals surface area contributed by atoms with E-state index in [1.165, 1.54) is 0 Å². The minimum atomic E-state index is -0.304. The Balaban J connectivity index is 1.71. The van der Waals surface area contributed by atoms with Crippen molar-refractivity contribution in [1.82, 2.24) is 25.4 Å². The van der Waals surface area contributed by atoms with Gasteiger partial charge in [-0.3, -0.25) is 14.7 Å². The number of hydrogen-bond acceptors (Lipinski definition) is 5. The van der Waals surface area contributed by atoms with Crippen LogP contribution in [0.15, 0.2) is 24.3 Å². The van der Waals surface area contributed by atoms with Gasteiger partial charge in [0.15, 0.2) is 4.77 Å². The molecule has 152 valence electrons. The first kappa shape index (κ1) is 21.6. The molecule has 2 amide bonds. The van der Waals surface area contributed by atoms with Gasteiger partial charge in [0.25, 0.3) is 5.91 Å². The number of unbranched alkanes of at least 4 members (excludes halogenated alkanes) is 1. The molecule has 0 radical (unpaired) electrons. The number of benzene rings is 1. The highest BCUT2D eigenvalue weighted by Gasteiger charge is 2.09. The molecule has 1 heterocycles. The van der Waals surface area contributed by atoms with E-state index in [-0.39, 0.29) is 18.4 Å². The number of carbonyl (C=O) groups excluding carboxylic acids is 2. The number of carbonyl (C=O) groups is 2. The van der Waals surface area contributed by atoms with E-state index in [9.17, 15) is 9.59 Å². The molecule has 0 bridgehead atoms. The summed E-state index contributed by atoms with van der Waals surface area (Å²) < 4.78 is 8.01. The second-order valence-corrected chi connectivity index (χ2v) is 6.58. The summed E-state index contributed by atoms with van der Waals surface area (Å²) in [5.74, 6) is 0.956. The molecule has 2 rings (SSSR count). The highest BCUT2D eigenvalue weighted by Crippen LogP contribution is 2.12. The molecular formula is C19H27N5O3S. The number of nitrogens with zero attached hydrogens (tertiary/aromatic N) is 2. The molecule has 0 aliphatic carbocycles. The topological polar surface area (TPSA) is 101 Å². The predicted molar refractivity (Wildman–Crippen MR) is 109 cm³/mol. The summed E-state index contributed by atoms with van der Waals surface area (Å²) in [4.78, 5) is 24.1. The van der Waals surface area contributed by atoms with Crippen molar-refractivity contribution in [1.29, 1.82) is 0 Å². The number of aromatic nitrogens is 3. The molecule has 2 aromatic rings.